The van der Waals surface area contributed by atoms with Crippen LogP contribution in [0, 0.1) is 5.92 Å². The highest BCUT2D eigenvalue weighted by atomic mass is 16.5. The molecule has 0 saturated carbocycles. The van der Waals surface area contributed by atoms with Gasteiger partial charge in [-0.1, -0.05) is 0 Å². The van der Waals surface area contributed by atoms with Crippen LogP contribution in [0.15, 0.2) is 23.5 Å². The Kier molecular flexibility index (Phi) is 10.5. The van der Waals surface area contributed by atoms with E-state index >= 15 is 0 Å². The van der Waals surface area contributed by atoms with E-state index in [0.29, 0.717) is 37.9 Å². The minimum Gasteiger partial charge on any atom is -0.381 e. The second-order valence-corrected chi connectivity index (χ2v) is 8.08. The van der Waals surface area contributed by atoms with Crippen LogP contribution < -0.4 is 15.5 Å². The fraction of sp³-hybridized carbons (Fsp3) is 0.727. The van der Waals surface area contributed by atoms with Gasteiger partial charge in [-0.25, -0.2) is 9.97 Å². The molecule has 2 fully saturated rings. The number of nitrogens with one attached hydrogen (secondary N) is 2. The molecular formula is C22H37N7O3. The lowest BCUT2D eigenvalue weighted by atomic mass is 10.0. The third-order valence-corrected chi connectivity index (χ3v) is 5.77. The maximum absolute atomic E-state index is 12.5. The van der Waals surface area contributed by atoms with Gasteiger partial charge in [0.2, 0.25) is 11.9 Å². The monoisotopic (exact) mass is 447 g/mol. The average Bonchev–Trinajstić information content (AvgIpc) is 2.86. The smallest absolute Gasteiger partial charge is 0.225 e. The molecule has 3 heterocycles. The highest BCUT2D eigenvalue weighted by molar-refractivity contribution is 5.81. The van der Waals surface area contributed by atoms with Crippen LogP contribution in [-0.4, -0.2) is 99.5 Å². The van der Waals surface area contributed by atoms with Crippen LogP contribution in [-0.2, 0) is 14.3 Å². The Morgan fingerprint density at radius 1 is 1.16 bits per heavy atom. The molecule has 2 N–H and O–H groups in total. The number of nitrogens with zero attached hydrogens (tertiary/aromatic N) is 5. The first kappa shape index (κ1) is 24.2. The third-order valence-electron chi connectivity index (χ3n) is 5.77. The molecule has 0 bridgehead atoms. The van der Waals surface area contributed by atoms with E-state index in [0.717, 1.165) is 71.3 Å². The van der Waals surface area contributed by atoms with Crippen LogP contribution in [0.1, 0.15) is 25.7 Å². The molecule has 1 aromatic heterocycles. The molecule has 0 radical (unpaired) electrons. The number of aliphatic imine (C=N–C) groups is 1. The number of aromatic nitrogens is 2. The molecule has 0 spiro atoms. The number of carbonyl (C=O) groups excluding carboxylic acids is 1. The van der Waals surface area contributed by atoms with E-state index in [1.54, 1.807) is 25.5 Å². The zero-order valence-electron chi connectivity index (χ0n) is 19.2. The predicted molar refractivity (Wildman–Crippen MR) is 124 cm³/mol. The molecule has 0 aliphatic carbocycles. The summed E-state index contributed by atoms with van der Waals surface area (Å²) >= 11 is 0. The van der Waals surface area contributed by atoms with Crippen molar-refractivity contribution in [3.05, 3.63) is 18.5 Å². The molecule has 2 aliphatic heterocycles. The summed E-state index contributed by atoms with van der Waals surface area (Å²) in [5.41, 5.74) is 0. The summed E-state index contributed by atoms with van der Waals surface area (Å²) in [6, 6.07) is 1.81. The summed E-state index contributed by atoms with van der Waals surface area (Å²) in [4.78, 5) is 29.3. The van der Waals surface area contributed by atoms with Gasteiger partial charge in [-0.15, -0.1) is 0 Å². The van der Waals surface area contributed by atoms with Gasteiger partial charge >= 0.3 is 0 Å². The highest BCUT2D eigenvalue weighted by Crippen LogP contribution is 2.14. The number of hydrogen-bond donors (Lipinski definition) is 2. The maximum Gasteiger partial charge on any atom is 0.225 e. The number of guanidine groups is 1. The Labute approximate surface area is 190 Å². The quantitative estimate of drug-likeness (QED) is 0.304. The molecule has 10 heteroatoms. The average molecular weight is 448 g/mol. The Balaban J connectivity index is 1.22. The Morgan fingerprint density at radius 2 is 1.88 bits per heavy atom. The van der Waals surface area contributed by atoms with E-state index in [1.807, 2.05) is 4.90 Å². The third kappa shape index (κ3) is 8.23. The van der Waals surface area contributed by atoms with Crippen LogP contribution in [0.3, 0.4) is 0 Å². The van der Waals surface area contributed by atoms with E-state index < -0.39 is 0 Å². The first-order valence-corrected chi connectivity index (χ1v) is 11.7. The van der Waals surface area contributed by atoms with Crippen LogP contribution in [0.2, 0.25) is 0 Å². The molecular weight excluding hydrogens is 410 g/mol. The molecule has 0 aromatic carbocycles. The van der Waals surface area contributed by atoms with Crippen LogP contribution in [0.25, 0.3) is 0 Å². The number of rotatable bonds is 10. The normalized spacial score (nSPS) is 18.0. The van der Waals surface area contributed by atoms with Crippen molar-refractivity contribution in [2.75, 3.05) is 77.6 Å². The van der Waals surface area contributed by atoms with Gasteiger partial charge in [0.05, 0.1) is 0 Å². The number of carbonyl (C=O) groups is 1. The zero-order valence-corrected chi connectivity index (χ0v) is 19.2. The topological polar surface area (TPSA) is 104 Å². The first-order valence-electron chi connectivity index (χ1n) is 11.7. The van der Waals surface area contributed by atoms with Gasteiger partial charge in [0.1, 0.15) is 0 Å². The molecule has 2 aliphatic rings. The molecule has 0 unspecified atom stereocenters. The molecule has 2 saturated heterocycles. The first-order chi connectivity index (χ1) is 15.8. The van der Waals surface area contributed by atoms with Crippen LogP contribution in [0.4, 0.5) is 5.95 Å². The van der Waals surface area contributed by atoms with Gasteiger partial charge in [-0.2, -0.15) is 0 Å². The molecule has 3 rings (SSSR count). The molecule has 10 nitrogen and oxygen atoms in total. The van der Waals surface area contributed by atoms with Gasteiger partial charge in [0.25, 0.3) is 0 Å². The van der Waals surface area contributed by atoms with E-state index in [9.17, 15) is 4.79 Å². The van der Waals surface area contributed by atoms with E-state index in [2.05, 4.69) is 30.5 Å². The largest absolute Gasteiger partial charge is 0.381 e. The number of ether oxygens (including phenoxy) is 2. The summed E-state index contributed by atoms with van der Waals surface area (Å²) in [6.07, 6.45) is 7.05. The molecule has 178 valence electrons. The summed E-state index contributed by atoms with van der Waals surface area (Å²) in [7, 11) is 1.74. The lowest BCUT2D eigenvalue weighted by molar-refractivity contribution is -0.131. The number of amides is 1. The van der Waals surface area contributed by atoms with E-state index in [-0.39, 0.29) is 5.91 Å². The van der Waals surface area contributed by atoms with Crippen molar-refractivity contribution >= 4 is 17.8 Å². The summed E-state index contributed by atoms with van der Waals surface area (Å²) < 4.78 is 11.2. The Bertz CT molecular complexity index is 690. The van der Waals surface area contributed by atoms with Gasteiger partial charge in [0, 0.05) is 91.6 Å². The van der Waals surface area contributed by atoms with Gasteiger partial charge in [-0.3, -0.25) is 9.79 Å². The maximum atomic E-state index is 12.5. The van der Waals surface area contributed by atoms with Gasteiger partial charge < -0.3 is 29.9 Å². The summed E-state index contributed by atoms with van der Waals surface area (Å²) in [5.74, 6) is 2.24. The Morgan fingerprint density at radius 3 is 2.59 bits per heavy atom. The van der Waals surface area contributed by atoms with Crippen molar-refractivity contribution < 1.29 is 14.3 Å². The summed E-state index contributed by atoms with van der Waals surface area (Å²) in [5, 5.41) is 6.50. The van der Waals surface area contributed by atoms with Crippen LogP contribution in [0.5, 0.6) is 0 Å². The minimum absolute atomic E-state index is 0.156. The van der Waals surface area contributed by atoms with Gasteiger partial charge in [-0.05, 0) is 31.2 Å². The van der Waals surface area contributed by atoms with E-state index in [4.69, 9.17) is 9.47 Å². The molecule has 0 atom stereocenters. The number of hydrogen-bond acceptors (Lipinski definition) is 7. The standard InChI is InChI=1S/C22H37N7O3/c1-23-21(24-9-3-15-32-18-19-5-16-31-17-6-19)25-10-4-20(30)28-11-13-29(14-12-28)22-26-7-2-8-27-22/h2,7-8,19H,3-6,9-18H2,1H3,(H2,23,24,25). The van der Waals surface area contributed by atoms with Gasteiger partial charge in [0.15, 0.2) is 5.96 Å². The van der Waals surface area contributed by atoms with Crippen molar-refractivity contribution in [3.63, 3.8) is 0 Å². The lowest BCUT2D eigenvalue weighted by Gasteiger charge is -2.34. The predicted octanol–water partition coefficient (Wildman–Crippen LogP) is 0.514. The van der Waals surface area contributed by atoms with Crippen molar-refractivity contribution in [1.82, 2.24) is 25.5 Å². The van der Waals surface area contributed by atoms with Crippen molar-refractivity contribution in [3.8, 4) is 0 Å². The minimum atomic E-state index is 0.156. The SMILES string of the molecule is CN=C(NCCCOCC1CCOCC1)NCCC(=O)N1CCN(c2ncccn2)CC1. The molecule has 1 aromatic rings. The number of piperazine rings is 1. The molecule has 1 amide bonds. The fourth-order valence-electron chi connectivity index (χ4n) is 3.82. The number of anilines is 1. The fourth-order valence-corrected chi connectivity index (χ4v) is 3.82. The zero-order chi connectivity index (χ0) is 22.4. The highest BCUT2D eigenvalue weighted by Gasteiger charge is 2.22. The molecule has 32 heavy (non-hydrogen) atoms. The Hall–Kier alpha value is -2.46. The van der Waals surface area contributed by atoms with E-state index in [1.165, 1.54) is 0 Å². The van der Waals surface area contributed by atoms with Crippen molar-refractivity contribution in [1.29, 1.82) is 0 Å². The lowest BCUT2D eigenvalue weighted by Crippen LogP contribution is -2.50. The second-order valence-electron chi connectivity index (χ2n) is 8.08. The van der Waals surface area contributed by atoms with Crippen molar-refractivity contribution in [2.45, 2.75) is 25.7 Å². The summed E-state index contributed by atoms with van der Waals surface area (Å²) in [6.45, 7) is 7.51. The van der Waals surface area contributed by atoms with Crippen LogP contribution >= 0.6 is 0 Å². The van der Waals surface area contributed by atoms with Crippen molar-refractivity contribution in [2.24, 2.45) is 10.9 Å². The second kappa shape index (κ2) is 13.8.